The molecule has 3 unspecified atom stereocenters. The lowest BCUT2D eigenvalue weighted by atomic mass is 9.84. The Bertz CT molecular complexity index is 273. The van der Waals surface area contributed by atoms with Crippen LogP contribution in [0.25, 0.3) is 0 Å². The van der Waals surface area contributed by atoms with Gasteiger partial charge in [0, 0.05) is 24.7 Å². The highest BCUT2D eigenvalue weighted by Crippen LogP contribution is 2.50. The van der Waals surface area contributed by atoms with Crippen LogP contribution >= 0.6 is 0 Å². The zero-order valence-electron chi connectivity index (χ0n) is 11.8. The van der Waals surface area contributed by atoms with Gasteiger partial charge in [0.1, 0.15) is 0 Å². The molecule has 2 fully saturated rings. The molecule has 0 aromatic rings. The van der Waals surface area contributed by atoms with Gasteiger partial charge in [0.05, 0.1) is 6.61 Å². The molecule has 2 rings (SSSR count). The molecule has 1 aliphatic carbocycles. The molecule has 0 spiro atoms. The second-order valence-corrected chi connectivity index (χ2v) is 6.88. The summed E-state index contributed by atoms with van der Waals surface area (Å²) in [6.07, 6.45) is 3.65. The summed E-state index contributed by atoms with van der Waals surface area (Å²) in [5, 5.41) is 0. The minimum Gasteiger partial charge on any atom is -0.380 e. The fourth-order valence-corrected chi connectivity index (χ4v) is 4.17. The largest absolute Gasteiger partial charge is 0.380 e. The number of nitrogens with two attached hydrogens (primary N) is 1. The summed E-state index contributed by atoms with van der Waals surface area (Å²) in [5.41, 5.74) is 6.77. The summed E-state index contributed by atoms with van der Waals surface area (Å²) in [5.74, 6) is 0.674. The van der Waals surface area contributed by atoms with Crippen LogP contribution in [0.4, 0.5) is 0 Å². The maximum atomic E-state index is 6.17. The van der Waals surface area contributed by atoms with Gasteiger partial charge >= 0.3 is 0 Å². The first kappa shape index (κ1) is 13.3. The Hall–Kier alpha value is -0.120. The van der Waals surface area contributed by atoms with E-state index in [0.29, 0.717) is 17.4 Å². The Morgan fingerprint density at radius 3 is 2.53 bits per heavy atom. The molecule has 1 saturated heterocycles. The third-order valence-corrected chi connectivity index (χ3v) is 5.07. The molecule has 0 radical (unpaired) electrons. The molecule has 0 amide bonds. The van der Waals surface area contributed by atoms with E-state index in [4.69, 9.17) is 10.5 Å². The molecule has 1 aliphatic heterocycles. The smallest absolute Gasteiger partial charge is 0.0622 e. The van der Waals surface area contributed by atoms with Crippen molar-refractivity contribution in [2.24, 2.45) is 17.1 Å². The van der Waals surface area contributed by atoms with Crippen molar-refractivity contribution >= 4 is 0 Å². The Morgan fingerprint density at radius 2 is 2.12 bits per heavy atom. The van der Waals surface area contributed by atoms with Gasteiger partial charge < -0.3 is 10.5 Å². The van der Waals surface area contributed by atoms with Gasteiger partial charge in [-0.1, -0.05) is 20.8 Å². The van der Waals surface area contributed by atoms with Crippen molar-refractivity contribution in [3.8, 4) is 0 Å². The lowest BCUT2D eigenvalue weighted by Gasteiger charge is -2.45. The first-order valence-electron chi connectivity index (χ1n) is 6.92. The number of hydrogen-bond acceptors (Lipinski definition) is 3. The number of rotatable bonds is 3. The predicted molar refractivity (Wildman–Crippen MR) is 71.0 cm³/mol. The maximum absolute atomic E-state index is 6.17. The minimum absolute atomic E-state index is 0.182. The van der Waals surface area contributed by atoms with Crippen LogP contribution in [0.1, 0.15) is 40.0 Å². The number of nitrogens with zero attached hydrogens (tertiary/aromatic N) is 1. The molecule has 3 atom stereocenters. The maximum Gasteiger partial charge on any atom is 0.0622 e. The van der Waals surface area contributed by atoms with E-state index in [9.17, 15) is 0 Å². The summed E-state index contributed by atoms with van der Waals surface area (Å²) in [7, 11) is 2.25. The molecule has 3 nitrogen and oxygen atoms in total. The highest BCUT2D eigenvalue weighted by Gasteiger charge is 2.51. The molecule has 0 aromatic carbocycles. The monoisotopic (exact) mass is 240 g/mol. The van der Waals surface area contributed by atoms with E-state index < -0.39 is 0 Å². The third-order valence-electron chi connectivity index (χ3n) is 5.07. The van der Waals surface area contributed by atoms with E-state index in [1.807, 2.05) is 0 Å². The second kappa shape index (κ2) is 4.52. The summed E-state index contributed by atoms with van der Waals surface area (Å²) in [6, 6.07) is 0.565. The van der Waals surface area contributed by atoms with Gasteiger partial charge in [-0.2, -0.15) is 0 Å². The Morgan fingerprint density at radius 1 is 1.41 bits per heavy atom. The van der Waals surface area contributed by atoms with E-state index in [1.165, 1.54) is 12.8 Å². The van der Waals surface area contributed by atoms with Gasteiger partial charge in [0.25, 0.3) is 0 Å². The van der Waals surface area contributed by atoms with Gasteiger partial charge in [0.2, 0.25) is 0 Å². The van der Waals surface area contributed by atoms with Crippen LogP contribution in [0.15, 0.2) is 0 Å². The van der Waals surface area contributed by atoms with Crippen LogP contribution in [0.5, 0.6) is 0 Å². The predicted octanol–water partition coefficient (Wildman–Crippen LogP) is 1.86. The van der Waals surface area contributed by atoms with E-state index in [0.717, 1.165) is 26.2 Å². The van der Waals surface area contributed by atoms with Gasteiger partial charge in [-0.05, 0) is 37.6 Å². The molecule has 0 bridgehead atoms. The van der Waals surface area contributed by atoms with Gasteiger partial charge in [-0.25, -0.2) is 0 Å². The van der Waals surface area contributed by atoms with E-state index in [1.54, 1.807) is 0 Å². The first-order chi connectivity index (χ1) is 7.91. The lowest BCUT2D eigenvalue weighted by Crippen LogP contribution is -2.58. The average Bonchev–Trinajstić information content (AvgIpc) is 2.83. The van der Waals surface area contributed by atoms with Crippen LogP contribution in [-0.4, -0.2) is 43.3 Å². The molecule has 3 heteroatoms. The molecule has 1 saturated carbocycles. The zero-order valence-corrected chi connectivity index (χ0v) is 11.8. The molecule has 17 heavy (non-hydrogen) atoms. The normalized spacial score (nSPS) is 41.3. The van der Waals surface area contributed by atoms with Crippen molar-refractivity contribution in [1.82, 2.24) is 4.90 Å². The van der Waals surface area contributed by atoms with Gasteiger partial charge in [0.15, 0.2) is 0 Å². The number of likely N-dealkylation sites (N-methyl/N-ethyl adjacent to an activating group) is 1. The molecule has 1 heterocycles. The third kappa shape index (κ3) is 2.25. The van der Waals surface area contributed by atoms with Crippen molar-refractivity contribution in [3.63, 3.8) is 0 Å². The molecule has 2 aliphatic rings. The number of ether oxygens (including phenoxy) is 1. The lowest BCUT2D eigenvalue weighted by molar-refractivity contribution is 0.0382. The van der Waals surface area contributed by atoms with Crippen LogP contribution in [-0.2, 0) is 4.74 Å². The van der Waals surface area contributed by atoms with Gasteiger partial charge in [-0.15, -0.1) is 0 Å². The van der Waals surface area contributed by atoms with Crippen molar-refractivity contribution in [1.29, 1.82) is 0 Å². The van der Waals surface area contributed by atoms with Gasteiger partial charge in [-0.3, -0.25) is 4.90 Å². The molecule has 100 valence electrons. The fourth-order valence-electron chi connectivity index (χ4n) is 4.17. The zero-order chi connectivity index (χ0) is 12.7. The molecular weight excluding hydrogens is 212 g/mol. The van der Waals surface area contributed by atoms with Crippen molar-refractivity contribution in [2.45, 2.75) is 51.6 Å². The summed E-state index contributed by atoms with van der Waals surface area (Å²) < 4.78 is 5.53. The van der Waals surface area contributed by atoms with E-state index >= 15 is 0 Å². The Balaban J connectivity index is 2.18. The second-order valence-electron chi connectivity index (χ2n) is 6.88. The fraction of sp³-hybridized carbons (Fsp3) is 1.00. The van der Waals surface area contributed by atoms with E-state index in [-0.39, 0.29) is 5.54 Å². The average molecular weight is 240 g/mol. The van der Waals surface area contributed by atoms with Crippen LogP contribution < -0.4 is 5.73 Å². The quantitative estimate of drug-likeness (QED) is 0.818. The highest BCUT2D eigenvalue weighted by atomic mass is 16.5. The summed E-state index contributed by atoms with van der Waals surface area (Å²) >= 11 is 0. The topological polar surface area (TPSA) is 38.5 Å². The van der Waals surface area contributed by atoms with E-state index in [2.05, 4.69) is 32.7 Å². The Labute approximate surface area is 106 Å². The Kier molecular flexibility index (Phi) is 3.54. The van der Waals surface area contributed by atoms with Crippen molar-refractivity contribution < 1.29 is 4.74 Å². The molecule has 2 N–H and O–H groups in total. The number of hydrogen-bond donors (Lipinski definition) is 1. The SMILES string of the molecule is CC1CC(C)(C)CC1(CN)N(C)C1CCOC1. The molecule has 0 aromatic heterocycles. The standard InChI is InChI=1S/C14H28N2O/c1-11-7-13(2,3)9-14(11,10-15)16(4)12-5-6-17-8-12/h11-12H,5-10,15H2,1-4H3. The first-order valence-corrected chi connectivity index (χ1v) is 6.92. The highest BCUT2D eigenvalue weighted by molar-refractivity contribution is 5.06. The van der Waals surface area contributed by atoms with Crippen molar-refractivity contribution in [3.05, 3.63) is 0 Å². The van der Waals surface area contributed by atoms with Crippen molar-refractivity contribution in [2.75, 3.05) is 26.8 Å². The van der Waals surface area contributed by atoms with Crippen LogP contribution in [0.3, 0.4) is 0 Å². The summed E-state index contributed by atoms with van der Waals surface area (Å²) in [4.78, 5) is 2.54. The molecular formula is C14H28N2O. The summed E-state index contributed by atoms with van der Waals surface area (Å²) in [6.45, 7) is 9.68. The van der Waals surface area contributed by atoms with Crippen LogP contribution in [0.2, 0.25) is 0 Å². The van der Waals surface area contributed by atoms with Crippen LogP contribution in [0, 0.1) is 11.3 Å². The minimum atomic E-state index is 0.182.